The molecule has 0 radical (unpaired) electrons. The van der Waals surface area contributed by atoms with Crippen molar-refractivity contribution in [3.05, 3.63) is 34.8 Å². The van der Waals surface area contributed by atoms with E-state index in [1.165, 1.54) is 11.3 Å². The minimum Gasteiger partial charge on any atom is -0.242 e. The number of nitrogens with zero attached hydrogens (tertiary/aromatic N) is 1. The quantitative estimate of drug-likeness (QED) is 0.732. The SMILES string of the molecule is Cc1nc2ccc(/C=C/C(F)(F)F)cc2s1. The highest BCUT2D eigenvalue weighted by Gasteiger charge is 2.21. The van der Waals surface area contributed by atoms with Crippen molar-refractivity contribution in [2.45, 2.75) is 13.1 Å². The van der Waals surface area contributed by atoms with Gasteiger partial charge >= 0.3 is 6.18 Å². The lowest BCUT2D eigenvalue weighted by Gasteiger charge is -1.97. The zero-order valence-electron chi connectivity index (χ0n) is 8.38. The molecule has 1 heterocycles. The molecule has 2 aromatic rings. The molecular weight excluding hydrogens is 235 g/mol. The summed E-state index contributed by atoms with van der Waals surface area (Å²) in [5.41, 5.74) is 1.36. The van der Waals surface area contributed by atoms with Gasteiger partial charge in [0.2, 0.25) is 0 Å². The van der Waals surface area contributed by atoms with Crippen molar-refractivity contribution in [2.75, 3.05) is 0 Å². The van der Waals surface area contributed by atoms with E-state index in [0.717, 1.165) is 21.3 Å². The van der Waals surface area contributed by atoms with Crippen LogP contribution >= 0.6 is 11.3 Å². The lowest BCUT2D eigenvalue weighted by molar-refractivity contribution is -0.0790. The van der Waals surface area contributed by atoms with E-state index in [2.05, 4.69) is 4.98 Å². The number of fused-ring (bicyclic) bond motifs is 1. The molecule has 1 aromatic carbocycles. The first kappa shape index (κ1) is 11.1. The maximum atomic E-state index is 12.0. The number of hydrogen-bond acceptors (Lipinski definition) is 2. The normalized spacial score (nSPS) is 12.8. The molecule has 0 atom stereocenters. The average Bonchev–Trinajstić information content (AvgIpc) is 2.52. The van der Waals surface area contributed by atoms with E-state index in [-0.39, 0.29) is 6.08 Å². The van der Waals surface area contributed by atoms with E-state index in [1.54, 1.807) is 18.2 Å². The summed E-state index contributed by atoms with van der Waals surface area (Å²) in [6.45, 7) is 1.87. The molecule has 0 fully saturated rings. The molecule has 0 saturated heterocycles. The van der Waals surface area contributed by atoms with E-state index in [1.807, 2.05) is 6.92 Å². The predicted octanol–water partition coefficient (Wildman–Crippen LogP) is 4.18. The summed E-state index contributed by atoms with van der Waals surface area (Å²) >= 11 is 1.47. The topological polar surface area (TPSA) is 12.9 Å². The number of allylic oxidation sites excluding steroid dienone is 1. The predicted molar refractivity (Wildman–Crippen MR) is 59.4 cm³/mol. The second kappa shape index (κ2) is 3.90. The van der Waals surface area contributed by atoms with Crippen molar-refractivity contribution >= 4 is 27.6 Å². The Bertz CT molecular complexity index is 540. The van der Waals surface area contributed by atoms with Crippen LogP contribution in [-0.4, -0.2) is 11.2 Å². The van der Waals surface area contributed by atoms with Crippen LogP contribution in [0.1, 0.15) is 10.6 Å². The van der Waals surface area contributed by atoms with E-state index < -0.39 is 6.18 Å². The van der Waals surface area contributed by atoms with Crippen LogP contribution in [0.2, 0.25) is 0 Å². The molecule has 0 bridgehead atoms. The summed E-state index contributed by atoms with van der Waals surface area (Å²) in [6.07, 6.45) is -2.96. The van der Waals surface area contributed by atoms with Crippen molar-refractivity contribution in [3.63, 3.8) is 0 Å². The monoisotopic (exact) mass is 243 g/mol. The van der Waals surface area contributed by atoms with Crippen molar-refractivity contribution in [3.8, 4) is 0 Å². The van der Waals surface area contributed by atoms with Crippen LogP contribution in [0.3, 0.4) is 0 Å². The van der Waals surface area contributed by atoms with Crippen LogP contribution in [-0.2, 0) is 0 Å². The first-order valence-corrected chi connectivity index (χ1v) is 5.39. The van der Waals surface area contributed by atoms with Gasteiger partial charge in [0.15, 0.2) is 0 Å². The molecule has 0 aliphatic carbocycles. The van der Waals surface area contributed by atoms with Gasteiger partial charge in [-0.15, -0.1) is 11.3 Å². The highest BCUT2D eigenvalue weighted by Crippen LogP contribution is 2.24. The number of halogens is 3. The lowest BCUT2D eigenvalue weighted by atomic mass is 10.2. The van der Waals surface area contributed by atoms with Crippen molar-refractivity contribution in [1.29, 1.82) is 0 Å². The fourth-order valence-corrected chi connectivity index (χ4v) is 2.23. The molecule has 0 N–H and O–H groups in total. The first-order valence-electron chi connectivity index (χ1n) is 4.57. The van der Waals surface area contributed by atoms with Crippen LogP contribution < -0.4 is 0 Å². The van der Waals surface area contributed by atoms with Crippen LogP contribution in [0.4, 0.5) is 13.2 Å². The number of aromatic nitrogens is 1. The number of benzene rings is 1. The summed E-state index contributed by atoms with van der Waals surface area (Å²) < 4.78 is 36.8. The maximum Gasteiger partial charge on any atom is 0.409 e. The fourth-order valence-electron chi connectivity index (χ4n) is 1.35. The fraction of sp³-hybridized carbons (Fsp3) is 0.182. The van der Waals surface area contributed by atoms with Gasteiger partial charge in [0, 0.05) is 6.08 Å². The van der Waals surface area contributed by atoms with Crippen LogP contribution in [0, 0.1) is 6.92 Å². The standard InChI is InChI=1S/C11H8F3NS/c1-7-15-9-3-2-8(6-10(9)16-7)4-5-11(12,13)14/h2-6H,1H3/b5-4+. The van der Waals surface area contributed by atoms with Crippen LogP contribution in [0.5, 0.6) is 0 Å². The molecule has 0 amide bonds. The molecule has 84 valence electrons. The van der Waals surface area contributed by atoms with Gasteiger partial charge in [-0.3, -0.25) is 0 Å². The van der Waals surface area contributed by atoms with Gasteiger partial charge in [0.25, 0.3) is 0 Å². The van der Waals surface area contributed by atoms with E-state index in [4.69, 9.17) is 0 Å². The molecule has 5 heteroatoms. The third kappa shape index (κ3) is 2.61. The Morgan fingerprint density at radius 1 is 1.31 bits per heavy atom. The van der Waals surface area contributed by atoms with E-state index in [0.29, 0.717) is 5.56 Å². The second-order valence-corrected chi connectivity index (χ2v) is 4.57. The largest absolute Gasteiger partial charge is 0.409 e. The number of aryl methyl sites for hydroxylation is 1. The summed E-state index contributed by atoms with van der Waals surface area (Å²) in [7, 11) is 0. The Hall–Kier alpha value is -1.36. The minimum atomic E-state index is -4.27. The summed E-state index contributed by atoms with van der Waals surface area (Å²) in [5, 5.41) is 0.909. The van der Waals surface area contributed by atoms with Crippen molar-refractivity contribution < 1.29 is 13.2 Å². The molecule has 2 rings (SSSR count). The molecule has 0 unspecified atom stereocenters. The zero-order chi connectivity index (χ0) is 11.8. The van der Waals surface area contributed by atoms with Gasteiger partial charge in [0.1, 0.15) is 0 Å². The molecular formula is C11H8F3NS. The third-order valence-electron chi connectivity index (χ3n) is 1.98. The van der Waals surface area contributed by atoms with Gasteiger partial charge in [0.05, 0.1) is 15.2 Å². The molecule has 0 aliphatic heterocycles. The van der Waals surface area contributed by atoms with Crippen LogP contribution in [0.15, 0.2) is 24.3 Å². The number of alkyl halides is 3. The Morgan fingerprint density at radius 3 is 2.75 bits per heavy atom. The maximum absolute atomic E-state index is 12.0. The minimum absolute atomic E-state index is 0.238. The van der Waals surface area contributed by atoms with Gasteiger partial charge in [-0.05, 0) is 24.6 Å². The summed E-state index contributed by atoms with van der Waals surface area (Å²) in [6, 6.07) is 5.07. The lowest BCUT2D eigenvalue weighted by Crippen LogP contribution is -1.99. The second-order valence-electron chi connectivity index (χ2n) is 3.33. The molecule has 16 heavy (non-hydrogen) atoms. The smallest absolute Gasteiger partial charge is 0.242 e. The molecule has 0 aliphatic rings. The molecule has 1 aromatic heterocycles. The summed E-state index contributed by atoms with van der Waals surface area (Å²) in [4.78, 5) is 4.24. The van der Waals surface area contributed by atoms with Crippen LogP contribution in [0.25, 0.3) is 16.3 Å². The average molecular weight is 243 g/mol. The van der Waals surface area contributed by atoms with E-state index in [9.17, 15) is 13.2 Å². The first-order chi connectivity index (χ1) is 7.44. The molecule has 1 nitrogen and oxygen atoms in total. The Balaban J connectivity index is 2.36. The van der Waals surface area contributed by atoms with Gasteiger partial charge < -0.3 is 0 Å². The third-order valence-corrected chi connectivity index (χ3v) is 2.92. The van der Waals surface area contributed by atoms with Gasteiger partial charge in [-0.2, -0.15) is 13.2 Å². The van der Waals surface area contributed by atoms with Crippen molar-refractivity contribution in [2.24, 2.45) is 0 Å². The zero-order valence-corrected chi connectivity index (χ0v) is 9.19. The Morgan fingerprint density at radius 2 is 2.06 bits per heavy atom. The number of rotatable bonds is 1. The Labute approximate surface area is 94.2 Å². The molecule has 0 saturated carbocycles. The highest BCUT2D eigenvalue weighted by atomic mass is 32.1. The van der Waals surface area contributed by atoms with Gasteiger partial charge in [-0.25, -0.2) is 4.98 Å². The highest BCUT2D eigenvalue weighted by molar-refractivity contribution is 7.18. The summed E-state index contributed by atoms with van der Waals surface area (Å²) in [5.74, 6) is 0. The number of hydrogen-bond donors (Lipinski definition) is 0. The number of thiazole rings is 1. The van der Waals surface area contributed by atoms with Crippen molar-refractivity contribution in [1.82, 2.24) is 4.98 Å². The Kier molecular flexibility index (Phi) is 2.71. The van der Waals surface area contributed by atoms with E-state index >= 15 is 0 Å². The van der Waals surface area contributed by atoms with Gasteiger partial charge in [-0.1, -0.05) is 12.1 Å². The molecule has 0 spiro atoms.